The Bertz CT molecular complexity index is 628. The Morgan fingerprint density at radius 1 is 1.33 bits per heavy atom. The second kappa shape index (κ2) is 8.39. The second-order valence-corrected chi connectivity index (χ2v) is 6.28. The highest BCUT2D eigenvalue weighted by Crippen LogP contribution is 2.18. The van der Waals surface area contributed by atoms with E-state index < -0.39 is 0 Å². The van der Waals surface area contributed by atoms with Gasteiger partial charge in [-0.05, 0) is 44.9 Å². The van der Waals surface area contributed by atoms with Gasteiger partial charge in [0.25, 0.3) is 0 Å². The van der Waals surface area contributed by atoms with Gasteiger partial charge in [-0.25, -0.2) is 0 Å². The predicted molar refractivity (Wildman–Crippen MR) is 95.7 cm³/mol. The average molecular weight is 327 g/mol. The second-order valence-electron chi connectivity index (χ2n) is 6.28. The molecule has 1 aliphatic rings. The van der Waals surface area contributed by atoms with Crippen LogP contribution in [0.2, 0.25) is 0 Å². The van der Waals surface area contributed by atoms with Crippen LogP contribution in [0, 0.1) is 12.3 Å². The van der Waals surface area contributed by atoms with Crippen molar-refractivity contribution >= 4 is 17.5 Å². The van der Waals surface area contributed by atoms with E-state index in [-0.39, 0.29) is 30.9 Å². The molecule has 0 atom stereocenters. The standard InChI is InChI=1S/C19H25N3O2/c1-4-16-8-7-9-17(12-16)22(15(2)3)14-18(23)20-13-19(24)21-10-5-6-11-21/h1,7-9,12,15H,5-6,10-11,13-14H2,2-3H3,(H,20,23). The molecule has 1 N–H and O–H groups in total. The number of terminal acetylenes is 1. The van der Waals surface area contributed by atoms with Crippen molar-refractivity contribution in [3.8, 4) is 12.3 Å². The Hall–Kier alpha value is -2.48. The van der Waals surface area contributed by atoms with Crippen molar-refractivity contribution < 1.29 is 9.59 Å². The average Bonchev–Trinajstić information content (AvgIpc) is 3.12. The topological polar surface area (TPSA) is 52.7 Å². The Morgan fingerprint density at radius 3 is 2.67 bits per heavy atom. The van der Waals surface area contributed by atoms with E-state index in [1.54, 1.807) is 4.90 Å². The first-order valence-corrected chi connectivity index (χ1v) is 8.39. The SMILES string of the molecule is C#Cc1cccc(N(CC(=O)NCC(=O)N2CCCC2)C(C)C)c1. The lowest BCUT2D eigenvalue weighted by atomic mass is 10.1. The number of anilines is 1. The summed E-state index contributed by atoms with van der Waals surface area (Å²) in [5.41, 5.74) is 1.68. The van der Waals surface area contributed by atoms with E-state index in [0.717, 1.165) is 37.2 Å². The first-order valence-electron chi connectivity index (χ1n) is 8.39. The van der Waals surface area contributed by atoms with Gasteiger partial charge in [-0.2, -0.15) is 0 Å². The molecule has 0 saturated carbocycles. The third-order valence-corrected chi connectivity index (χ3v) is 4.18. The summed E-state index contributed by atoms with van der Waals surface area (Å²) in [6.45, 7) is 5.89. The number of hydrogen-bond donors (Lipinski definition) is 1. The molecule has 1 aromatic rings. The van der Waals surface area contributed by atoms with E-state index >= 15 is 0 Å². The molecule has 0 bridgehead atoms. The predicted octanol–water partition coefficient (Wildman–Crippen LogP) is 1.62. The van der Waals surface area contributed by atoms with Crippen molar-refractivity contribution in [2.24, 2.45) is 0 Å². The molecule has 0 aromatic heterocycles. The van der Waals surface area contributed by atoms with Crippen LogP contribution in [0.5, 0.6) is 0 Å². The summed E-state index contributed by atoms with van der Waals surface area (Å²) in [5.74, 6) is 2.44. The molecule has 2 rings (SSSR count). The molecule has 0 spiro atoms. The first-order chi connectivity index (χ1) is 11.5. The summed E-state index contributed by atoms with van der Waals surface area (Å²) in [6, 6.07) is 7.70. The number of likely N-dealkylation sites (tertiary alicyclic amines) is 1. The van der Waals surface area contributed by atoms with Gasteiger partial charge in [-0.15, -0.1) is 6.42 Å². The van der Waals surface area contributed by atoms with Crippen molar-refractivity contribution in [3.05, 3.63) is 29.8 Å². The van der Waals surface area contributed by atoms with Crippen LogP contribution in [-0.2, 0) is 9.59 Å². The van der Waals surface area contributed by atoms with Crippen LogP contribution >= 0.6 is 0 Å². The highest BCUT2D eigenvalue weighted by Gasteiger charge is 2.19. The smallest absolute Gasteiger partial charge is 0.241 e. The van der Waals surface area contributed by atoms with E-state index in [2.05, 4.69) is 11.2 Å². The van der Waals surface area contributed by atoms with Crippen molar-refractivity contribution in [1.82, 2.24) is 10.2 Å². The lowest BCUT2D eigenvalue weighted by Crippen LogP contribution is -2.44. The zero-order chi connectivity index (χ0) is 17.5. The third-order valence-electron chi connectivity index (χ3n) is 4.18. The molecule has 128 valence electrons. The zero-order valence-electron chi connectivity index (χ0n) is 14.4. The van der Waals surface area contributed by atoms with Crippen molar-refractivity contribution in [2.45, 2.75) is 32.7 Å². The van der Waals surface area contributed by atoms with Gasteiger partial charge < -0.3 is 15.1 Å². The molecule has 1 fully saturated rings. The van der Waals surface area contributed by atoms with Crippen LogP contribution in [0.3, 0.4) is 0 Å². The Morgan fingerprint density at radius 2 is 2.04 bits per heavy atom. The molecule has 1 heterocycles. The largest absolute Gasteiger partial charge is 0.360 e. The fraction of sp³-hybridized carbons (Fsp3) is 0.474. The van der Waals surface area contributed by atoms with Gasteiger partial charge in [0.2, 0.25) is 11.8 Å². The number of carbonyl (C=O) groups is 2. The molecule has 5 nitrogen and oxygen atoms in total. The van der Waals surface area contributed by atoms with Crippen LogP contribution in [0.25, 0.3) is 0 Å². The fourth-order valence-corrected chi connectivity index (χ4v) is 2.81. The van der Waals surface area contributed by atoms with Gasteiger partial charge in [-0.1, -0.05) is 12.0 Å². The fourth-order valence-electron chi connectivity index (χ4n) is 2.81. The van der Waals surface area contributed by atoms with Crippen LogP contribution in [-0.4, -0.2) is 48.9 Å². The minimum Gasteiger partial charge on any atom is -0.360 e. The van der Waals surface area contributed by atoms with Crippen molar-refractivity contribution in [1.29, 1.82) is 0 Å². The summed E-state index contributed by atoms with van der Waals surface area (Å²) < 4.78 is 0. The molecular weight excluding hydrogens is 302 g/mol. The van der Waals surface area contributed by atoms with Crippen LogP contribution in [0.4, 0.5) is 5.69 Å². The normalized spacial score (nSPS) is 13.7. The molecule has 2 amide bonds. The third kappa shape index (κ3) is 4.76. The molecule has 1 saturated heterocycles. The maximum absolute atomic E-state index is 12.2. The zero-order valence-corrected chi connectivity index (χ0v) is 14.4. The number of carbonyl (C=O) groups excluding carboxylic acids is 2. The molecule has 0 unspecified atom stereocenters. The van der Waals surface area contributed by atoms with Gasteiger partial charge in [0.1, 0.15) is 0 Å². The van der Waals surface area contributed by atoms with Crippen LogP contribution < -0.4 is 10.2 Å². The van der Waals surface area contributed by atoms with Crippen LogP contribution in [0.15, 0.2) is 24.3 Å². The van der Waals surface area contributed by atoms with E-state index in [1.165, 1.54) is 0 Å². The maximum Gasteiger partial charge on any atom is 0.241 e. The monoisotopic (exact) mass is 327 g/mol. The summed E-state index contributed by atoms with van der Waals surface area (Å²) in [5, 5.41) is 2.73. The van der Waals surface area contributed by atoms with E-state index in [9.17, 15) is 9.59 Å². The Labute approximate surface area is 144 Å². The lowest BCUT2D eigenvalue weighted by molar-refractivity contribution is -0.131. The summed E-state index contributed by atoms with van der Waals surface area (Å²) >= 11 is 0. The molecule has 0 radical (unpaired) electrons. The number of nitrogens with one attached hydrogen (secondary N) is 1. The molecule has 24 heavy (non-hydrogen) atoms. The highest BCUT2D eigenvalue weighted by molar-refractivity contribution is 5.87. The molecule has 1 aromatic carbocycles. The Kier molecular flexibility index (Phi) is 6.25. The van der Waals surface area contributed by atoms with Gasteiger partial charge in [-0.3, -0.25) is 9.59 Å². The summed E-state index contributed by atoms with van der Waals surface area (Å²) in [6.07, 6.45) is 7.54. The molecule has 5 heteroatoms. The van der Waals surface area contributed by atoms with E-state index in [4.69, 9.17) is 6.42 Å². The van der Waals surface area contributed by atoms with Gasteiger partial charge in [0.15, 0.2) is 0 Å². The van der Waals surface area contributed by atoms with Gasteiger partial charge >= 0.3 is 0 Å². The van der Waals surface area contributed by atoms with Crippen molar-refractivity contribution in [3.63, 3.8) is 0 Å². The van der Waals surface area contributed by atoms with Crippen molar-refractivity contribution in [2.75, 3.05) is 31.1 Å². The van der Waals surface area contributed by atoms with Gasteiger partial charge in [0.05, 0.1) is 13.1 Å². The minimum atomic E-state index is -0.164. The van der Waals surface area contributed by atoms with E-state index in [0.29, 0.717) is 0 Å². The number of rotatable bonds is 6. The quantitative estimate of drug-likeness (QED) is 0.808. The maximum atomic E-state index is 12.2. The molecule has 1 aliphatic heterocycles. The lowest BCUT2D eigenvalue weighted by Gasteiger charge is -2.28. The number of amides is 2. The number of nitrogens with zero attached hydrogens (tertiary/aromatic N) is 2. The molecular formula is C19H25N3O2. The minimum absolute atomic E-state index is 0.00808. The highest BCUT2D eigenvalue weighted by atomic mass is 16.2. The molecule has 0 aliphatic carbocycles. The number of hydrogen-bond acceptors (Lipinski definition) is 3. The first kappa shape index (κ1) is 17.9. The van der Waals surface area contributed by atoms with Crippen LogP contribution in [0.1, 0.15) is 32.3 Å². The van der Waals surface area contributed by atoms with Gasteiger partial charge in [0, 0.05) is 30.4 Å². The Balaban J connectivity index is 1.93. The van der Waals surface area contributed by atoms with E-state index in [1.807, 2.05) is 43.0 Å². The summed E-state index contributed by atoms with van der Waals surface area (Å²) in [4.78, 5) is 28.0. The number of benzene rings is 1. The summed E-state index contributed by atoms with van der Waals surface area (Å²) in [7, 11) is 0.